The Balaban J connectivity index is 1.64. The van der Waals surface area contributed by atoms with Crippen LogP contribution in [-0.2, 0) is 6.61 Å². The summed E-state index contributed by atoms with van der Waals surface area (Å²) in [6.45, 7) is 2.63. The summed E-state index contributed by atoms with van der Waals surface area (Å²) in [5.74, 6) is 0.820. The molecule has 138 valence electrons. The molecule has 0 aliphatic heterocycles. The largest absolute Gasteiger partial charge is 0.488 e. The number of aryl methyl sites for hydroxylation is 1. The number of hydrogen-bond acceptors (Lipinski definition) is 3. The monoisotopic (exact) mass is 366 g/mol. The molecular formula is C25H22N2O. The highest BCUT2D eigenvalue weighted by Crippen LogP contribution is 2.27. The summed E-state index contributed by atoms with van der Waals surface area (Å²) < 4.78 is 6.20. The zero-order valence-electron chi connectivity index (χ0n) is 15.8. The minimum atomic E-state index is 0.526. The maximum atomic E-state index is 6.20. The fraction of sp³-hybridized carbons (Fsp3) is 0.0800. The van der Waals surface area contributed by atoms with Crippen LogP contribution < -0.4 is 10.2 Å². The highest BCUT2D eigenvalue weighted by molar-refractivity contribution is 6.02. The SMILES string of the molecule is Cc1ccccc1COc1ccc2ccccc2c1/C=N/Nc1ccccc1. The molecule has 1 N–H and O–H groups in total. The number of anilines is 1. The molecule has 0 amide bonds. The topological polar surface area (TPSA) is 33.6 Å². The molecule has 3 heteroatoms. The van der Waals surface area contributed by atoms with Gasteiger partial charge < -0.3 is 4.74 Å². The molecule has 0 aliphatic rings. The summed E-state index contributed by atoms with van der Waals surface area (Å²) in [5.41, 5.74) is 7.40. The van der Waals surface area contributed by atoms with Crippen LogP contribution in [0.15, 0.2) is 96.1 Å². The highest BCUT2D eigenvalue weighted by Gasteiger charge is 2.08. The lowest BCUT2D eigenvalue weighted by Gasteiger charge is -2.13. The van der Waals surface area contributed by atoms with E-state index in [0.717, 1.165) is 27.8 Å². The average Bonchev–Trinajstić information content (AvgIpc) is 2.74. The number of nitrogens with one attached hydrogen (secondary N) is 1. The predicted molar refractivity (Wildman–Crippen MR) is 117 cm³/mol. The molecule has 0 unspecified atom stereocenters. The molecule has 0 fully saturated rings. The van der Waals surface area contributed by atoms with Crippen molar-refractivity contribution in [1.82, 2.24) is 0 Å². The van der Waals surface area contributed by atoms with Crippen molar-refractivity contribution in [2.24, 2.45) is 5.10 Å². The van der Waals surface area contributed by atoms with E-state index in [2.05, 4.69) is 47.8 Å². The highest BCUT2D eigenvalue weighted by atomic mass is 16.5. The second kappa shape index (κ2) is 8.40. The summed E-state index contributed by atoms with van der Waals surface area (Å²) in [7, 11) is 0. The van der Waals surface area contributed by atoms with Crippen molar-refractivity contribution in [1.29, 1.82) is 0 Å². The molecule has 0 bridgehead atoms. The first-order chi connectivity index (χ1) is 13.8. The zero-order valence-corrected chi connectivity index (χ0v) is 15.8. The number of hydrogen-bond donors (Lipinski definition) is 1. The van der Waals surface area contributed by atoms with Gasteiger partial charge in [0, 0.05) is 5.56 Å². The van der Waals surface area contributed by atoms with Crippen LogP contribution in [0.25, 0.3) is 10.8 Å². The van der Waals surface area contributed by atoms with Gasteiger partial charge in [0.25, 0.3) is 0 Å². The fourth-order valence-electron chi connectivity index (χ4n) is 3.15. The van der Waals surface area contributed by atoms with Gasteiger partial charge in [-0.3, -0.25) is 5.43 Å². The lowest BCUT2D eigenvalue weighted by Crippen LogP contribution is -2.01. The quantitative estimate of drug-likeness (QED) is 0.327. The van der Waals surface area contributed by atoms with Gasteiger partial charge in [-0.05, 0) is 47.0 Å². The van der Waals surface area contributed by atoms with Crippen LogP contribution in [0, 0.1) is 6.92 Å². The Morgan fingerprint density at radius 2 is 1.57 bits per heavy atom. The Hall–Kier alpha value is -3.59. The minimum Gasteiger partial charge on any atom is -0.488 e. The molecule has 0 radical (unpaired) electrons. The summed E-state index contributed by atoms with van der Waals surface area (Å²) in [6.07, 6.45) is 1.84. The van der Waals surface area contributed by atoms with E-state index in [4.69, 9.17) is 4.74 Å². The second-order valence-corrected chi connectivity index (χ2v) is 6.65. The van der Waals surface area contributed by atoms with E-state index in [9.17, 15) is 0 Å². The van der Waals surface area contributed by atoms with E-state index in [-0.39, 0.29) is 0 Å². The zero-order chi connectivity index (χ0) is 19.2. The van der Waals surface area contributed by atoms with Gasteiger partial charge in [-0.15, -0.1) is 0 Å². The first-order valence-corrected chi connectivity index (χ1v) is 9.34. The maximum absolute atomic E-state index is 6.20. The van der Waals surface area contributed by atoms with Crippen LogP contribution in [0.5, 0.6) is 5.75 Å². The van der Waals surface area contributed by atoms with Crippen molar-refractivity contribution in [3.63, 3.8) is 0 Å². The number of benzene rings is 4. The number of ether oxygens (including phenoxy) is 1. The Kier molecular flexibility index (Phi) is 5.34. The van der Waals surface area contributed by atoms with Crippen molar-refractivity contribution in [2.75, 3.05) is 5.43 Å². The Bertz CT molecular complexity index is 1100. The van der Waals surface area contributed by atoms with E-state index in [1.165, 1.54) is 11.1 Å². The molecule has 0 spiro atoms. The van der Waals surface area contributed by atoms with Crippen molar-refractivity contribution in [3.8, 4) is 5.75 Å². The van der Waals surface area contributed by atoms with Gasteiger partial charge in [0.15, 0.2) is 0 Å². The van der Waals surface area contributed by atoms with Crippen LogP contribution in [0.3, 0.4) is 0 Å². The van der Waals surface area contributed by atoms with Crippen LogP contribution >= 0.6 is 0 Å². The van der Waals surface area contributed by atoms with Crippen LogP contribution in [0.2, 0.25) is 0 Å². The molecule has 0 saturated carbocycles. The van der Waals surface area contributed by atoms with Crippen LogP contribution in [0.1, 0.15) is 16.7 Å². The van der Waals surface area contributed by atoms with Gasteiger partial charge in [-0.1, -0.05) is 72.8 Å². The third-order valence-corrected chi connectivity index (χ3v) is 4.74. The lowest BCUT2D eigenvalue weighted by molar-refractivity contribution is 0.305. The number of hydrazone groups is 1. The molecule has 3 nitrogen and oxygen atoms in total. The van der Waals surface area contributed by atoms with E-state index >= 15 is 0 Å². The van der Waals surface area contributed by atoms with Gasteiger partial charge >= 0.3 is 0 Å². The summed E-state index contributed by atoms with van der Waals surface area (Å²) in [4.78, 5) is 0. The van der Waals surface area contributed by atoms with E-state index in [1.54, 1.807) is 0 Å². The normalized spacial score (nSPS) is 11.0. The van der Waals surface area contributed by atoms with Crippen molar-refractivity contribution in [2.45, 2.75) is 13.5 Å². The molecule has 28 heavy (non-hydrogen) atoms. The number of fused-ring (bicyclic) bond motifs is 1. The summed E-state index contributed by atoms with van der Waals surface area (Å²) in [5, 5.41) is 6.71. The molecule has 0 aromatic heterocycles. The van der Waals surface area contributed by atoms with Gasteiger partial charge in [-0.2, -0.15) is 5.10 Å². The van der Waals surface area contributed by atoms with Gasteiger partial charge in [0.2, 0.25) is 0 Å². The molecule has 4 aromatic rings. The van der Waals surface area contributed by atoms with Crippen LogP contribution in [-0.4, -0.2) is 6.21 Å². The maximum Gasteiger partial charge on any atom is 0.129 e. The standard InChI is InChI=1S/C25H22N2O/c1-19-9-5-6-11-21(19)18-28-25-16-15-20-10-7-8-14-23(20)24(25)17-26-27-22-12-3-2-4-13-22/h2-17,27H,18H2,1H3/b26-17+. The molecular weight excluding hydrogens is 344 g/mol. The van der Waals surface area contributed by atoms with Crippen molar-refractivity contribution < 1.29 is 4.74 Å². The molecule has 0 aliphatic carbocycles. The fourth-order valence-corrected chi connectivity index (χ4v) is 3.15. The second-order valence-electron chi connectivity index (χ2n) is 6.65. The molecule has 0 heterocycles. The Labute approximate surface area is 165 Å². The Morgan fingerprint density at radius 1 is 0.821 bits per heavy atom. The summed E-state index contributed by atoms with van der Waals surface area (Å²) in [6, 6.07) is 30.6. The number of rotatable bonds is 6. The third kappa shape index (κ3) is 4.04. The first kappa shape index (κ1) is 17.8. The minimum absolute atomic E-state index is 0.526. The smallest absolute Gasteiger partial charge is 0.129 e. The van der Waals surface area contributed by atoms with Crippen molar-refractivity contribution in [3.05, 3.63) is 108 Å². The third-order valence-electron chi connectivity index (χ3n) is 4.74. The van der Waals surface area contributed by atoms with Gasteiger partial charge in [0.05, 0.1) is 11.9 Å². The van der Waals surface area contributed by atoms with E-state index in [1.807, 2.05) is 66.9 Å². The lowest BCUT2D eigenvalue weighted by atomic mass is 10.0. The van der Waals surface area contributed by atoms with Gasteiger partial charge in [0.1, 0.15) is 12.4 Å². The Morgan fingerprint density at radius 3 is 2.43 bits per heavy atom. The molecule has 4 rings (SSSR count). The molecule has 0 saturated heterocycles. The van der Waals surface area contributed by atoms with Crippen molar-refractivity contribution >= 4 is 22.7 Å². The number of nitrogens with zero attached hydrogens (tertiary/aromatic N) is 1. The van der Waals surface area contributed by atoms with E-state index < -0.39 is 0 Å². The van der Waals surface area contributed by atoms with Crippen LogP contribution in [0.4, 0.5) is 5.69 Å². The van der Waals surface area contributed by atoms with Gasteiger partial charge in [-0.25, -0.2) is 0 Å². The average molecular weight is 366 g/mol. The number of para-hydroxylation sites is 1. The summed E-state index contributed by atoms with van der Waals surface area (Å²) >= 11 is 0. The molecule has 4 aromatic carbocycles. The predicted octanol–water partition coefficient (Wildman–Crippen LogP) is 6.17. The van der Waals surface area contributed by atoms with E-state index in [0.29, 0.717) is 6.61 Å². The molecule has 0 atom stereocenters. The first-order valence-electron chi connectivity index (χ1n) is 9.34.